The van der Waals surface area contributed by atoms with Gasteiger partial charge in [0.15, 0.2) is 0 Å². The summed E-state index contributed by atoms with van der Waals surface area (Å²) in [5, 5.41) is 0. The van der Waals surface area contributed by atoms with Crippen molar-refractivity contribution in [2.75, 3.05) is 20.2 Å². The van der Waals surface area contributed by atoms with E-state index in [9.17, 15) is 4.79 Å². The van der Waals surface area contributed by atoms with Gasteiger partial charge >= 0.3 is 6.09 Å². The van der Waals surface area contributed by atoms with Gasteiger partial charge < -0.3 is 19.4 Å². The standard InChI is InChI=1S/C19H25N3O3/c1-19(2,3)25-18(23)22(4)11-13-8-9-24-17-14(13)6-5-7-15(17)16-10-20-12-21-16/h5-7,10,12-13H,8-9,11H2,1-4H3,(H,20,21)/t13-/m0/s1. The summed E-state index contributed by atoms with van der Waals surface area (Å²) in [5.41, 5.74) is 2.55. The molecule has 2 heterocycles. The molecular weight excluding hydrogens is 318 g/mol. The molecule has 0 fully saturated rings. The summed E-state index contributed by atoms with van der Waals surface area (Å²) in [6.07, 6.45) is 4.01. The van der Waals surface area contributed by atoms with Crippen LogP contribution in [0.3, 0.4) is 0 Å². The van der Waals surface area contributed by atoms with Crippen LogP contribution in [0.4, 0.5) is 4.79 Å². The maximum Gasteiger partial charge on any atom is 0.410 e. The van der Waals surface area contributed by atoms with E-state index in [0.29, 0.717) is 13.2 Å². The van der Waals surface area contributed by atoms with Crippen LogP contribution in [0.25, 0.3) is 11.3 Å². The fraction of sp³-hybridized carbons (Fsp3) is 0.474. The predicted octanol–water partition coefficient (Wildman–Crippen LogP) is 3.81. The topological polar surface area (TPSA) is 67.5 Å². The first kappa shape index (κ1) is 17.3. The van der Waals surface area contributed by atoms with Gasteiger partial charge in [-0.1, -0.05) is 12.1 Å². The number of amides is 1. The molecule has 1 amide bonds. The van der Waals surface area contributed by atoms with E-state index in [1.54, 1.807) is 24.5 Å². The highest BCUT2D eigenvalue weighted by atomic mass is 16.6. The molecule has 0 saturated carbocycles. The third-order valence-electron chi connectivity index (χ3n) is 4.19. The molecule has 0 spiro atoms. The minimum Gasteiger partial charge on any atom is -0.493 e. The number of hydrogen-bond acceptors (Lipinski definition) is 4. The van der Waals surface area contributed by atoms with Gasteiger partial charge in [-0.25, -0.2) is 9.78 Å². The summed E-state index contributed by atoms with van der Waals surface area (Å²) < 4.78 is 11.4. The number of nitrogens with zero attached hydrogens (tertiary/aromatic N) is 2. The van der Waals surface area contributed by atoms with Crippen molar-refractivity contribution in [1.29, 1.82) is 0 Å². The Labute approximate surface area is 148 Å². The van der Waals surface area contributed by atoms with Gasteiger partial charge in [-0.3, -0.25) is 0 Å². The van der Waals surface area contributed by atoms with Crippen LogP contribution in [0.1, 0.15) is 38.7 Å². The monoisotopic (exact) mass is 343 g/mol. The lowest BCUT2D eigenvalue weighted by molar-refractivity contribution is 0.0281. The van der Waals surface area contributed by atoms with Crippen LogP contribution in [-0.2, 0) is 4.74 Å². The Morgan fingerprint density at radius 1 is 1.44 bits per heavy atom. The van der Waals surface area contributed by atoms with Crippen LogP contribution < -0.4 is 4.74 Å². The Kier molecular flexibility index (Phi) is 4.70. The SMILES string of the molecule is CN(C[C@@H]1CCOc2c(-c3cnc[nH]3)cccc21)C(=O)OC(C)(C)C. The third kappa shape index (κ3) is 3.95. The van der Waals surface area contributed by atoms with Gasteiger partial charge in [-0.05, 0) is 38.8 Å². The minimum atomic E-state index is -0.493. The van der Waals surface area contributed by atoms with Crippen molar-refractivity contribution >= 4 is 6.09 Å². The smallest absolute Gasteiger partial charge is 0.410 e. The maximum absolute atomic E-state index is 12.3. The summed E-state index contributed by atoms with van der Waals surface area (Å²) in [7, 11) is 1.78. The molecule has 0 unspecified atom stereocenters. The molecular formula is C19H25N3O3. The lowest BCUT2D eigenvalue weighted by atomic mass is 9.90. The number of rotatable bonds is 3. The second-order valence-electron chi connectivity index (χ2n) is 7.38. The maximum atomic E-state index is 12.3. The molecule has 1 aromatic carbocycles. The molecule has 0 aliphatic carbocycles. The zero-order valence-corrected chi connectivity index (χ0v) is 15.2. The first-order valence-corrected chi connectivity index (χ1v) is 8.54. The molecule has 0 saturated heterocycles. The van der Waals surface area contributed by atoms with E-state index in [0.717, 1.165) is 29.0 Å². The average Bonchev–Trinajstić information content (AvgIpc) is 3.07. The number of fused-ring (bicyclic) bond motifs is 1. The Balaban J connectivity index is 1.80. The van der Waals surface area contributed by atoms with Gasteiger partial charge in [0.2, 0.25) is 0 Å². The first-order chi connectivity index (χ1) is 11.8. The van der Waals surface area contributed by atoms with E-state index >= 15 is 0 Å². The fourth-order valence-electron chi connectivity index (χ4n) is 3.05. The van der Waals surface area contributed by atoms with Crippen molar-refractivity contribution < 1.29 is 14.3 Å². The van der Waals surface area contributed by atoms with Crippen molar-refractivity contribution in [3.63, 3.8) is 0 Å². The van der Waals surface area contributed by atoms with Crippen molar-refractivity contribution in [3.8, 4) is 17.0 Å². The fourth-order valence-corrected chi connectivity index (χ4v) is 3.05. The molecule has 1 aliphatic heterocycles. The van der Waals surface area contributed by atoms with Gasteiger partial charge in [0.25, 0.3) is 0 Å². The molecule has 6 nitrogen and oxygen atoms in total. The number of carbonyl (C=O) groups excluding carboxylic acids is 1. The first-order valence-electron chi connectivity index (χ1n) is 8.54. The number of carbonyl (C=O) groups is 1. The minimum absolute atomic E-state index is 0.212. The van der Waals surface area contributed by atoms with E-state index < -0.39 is 5.60 Å². The molecule has 134 valence electrons. The highest BCUT2D eigenvalue weighted by Crippen LogP contribution is 2.40. The normalized spacial score (nSPS) is 16.7. The molecule has 0 bridgehead atoms. The highest BCUT2D eigenvalue weighted by molar-refractivity contribution is 5.70. The number of hydrogen-bond donors (Lipinski definition) is 1. The zero-order valence-electron chi connectivity index (χ0n) is 15.2. The van der Waals surface area contributed by atoms with Crippen molar-refractivity contribution in [2.24, 2.45) is 0 Å². The Hall–Kier alpha value is -2.50. The summed E-state index contributed by atoms with van der Waals surface area (Å²) in [4.78, 5) is 21.1. The molecule has 1 aromatic heterocycles. The lowest BCUT2D eigenvalue weighted by Gasteiger charge is -2.31. The van der Waals surface area contributed by atoms with Crippen molar-refractivity contribution in [2.45, 2.75) is 38.7 Å². The third-order valence-corrected chi connectivity index (χ3v) is 4.19. The number of aromatic amines is 1. The lowest BCUT2D eigenvalue weighted by Crippen LogP contribution is -2.37. The van der Waals surface area contributed by atoms with Gasteiger partial charge in [0.05, 0.1) is 24.8 Å². The molecule has 2 aromatic rings. The van der Waals surface area contributed by atoms with E-state index in [4.69, 9.17) is 9.47 Å². The van der Waals surface area contributed by atoms with Crippen LogP contribution in [0.2, 0.25) is 0 Å². The van der Waals surface area contributed by atoms with Crippen molar-refractivity contribution in [3.05, 3.63) is 36.3 Å². The largest absolute Gasteiger partial charge is 0.493 e. The highest BCUT2D eigenvalue weighted by Gasteiger charge is 2.28. The van der Waals surface area contributed by atoms with Gasteiger partial charge in [0, 0.05) is 25.1 Å². The van der Waals surface area contributed by atoms with E-state index in [1.165, 1.54) is 0 Å². The Morgan fingerprint density at radius 2 is 2.24 bits per heavy atom. The molecule has 25 heavy (non-hydrogen) atoms. The number of ether oxygens (including phenoxy) is 2. The number of likely N-dealkylation sites (N-methyl/N-ethyl adjacent to an activating group) is 1. The molecule has 6 heteroatoms. The predicted molar refractivity (Wildman–Crippen MR) is 95.7 cm³/mol. The second-order valence-corrected chi connectivity index (χ2v) is 7.38. The number of benzene rings is 1. The summed E-state index contributed by atoms with van der Waals surface area (Å²) in [6.45, 7) is 6.85. The number of nitrogens with one attached hydrogen (secondary N) is 1. The van der Waals surface area contributed by atoms with E-state index in [-0.39, 0.29) is 12.0 Å². The van der Waals surface area contributed by atoms with Crippen LogP contribution in [0.5, 0.6) is 5.75 Å². The molecule has 1 N–H and O–H groups in total. The Morgan fingerprint density at radius 3 is 2.92 bits per heavy atom. The van der Waals surface area contributed by atoms with E-state index in [2.05, 4.69) is 16.0 Å². The molecule has 1 atom stereocenters. The second kappa shape index (κ2) is 6.78. The number of H-pyrrole nitrogens is 1. The van der Waals surface area contributed by atoms with Crippen LogP contribution in [0.15, 0.2) is 30.7 Å². The van der Waals surface area contributed by atoms with Gasteiger partial charge in [-0.15, -0.1) is 0 Å². The molecule has 1 aliphatic rings. The van der Waals surface area contributed by atoms with E-state index in [1.807, 2.05) is 32.9 Å². The summed E-state index contributed by atoms with van der Waals surface area (Å²) in [6, 6.07) is 6.11. The zero-order chi connectivity index (χ0) is 18.0. The summed E-state index contributed by atoms with van der Waals surface area (Å²) >= 11 is 0. The molecule has 0 radical (unpaired) electrons. The van der Waals surface area contributed by atoms with Gasteiger partial charge in [0.1, 0.15) is 11.4 Å². The van der Waals surface area contributed by atoms with Crippen molar-refractivity contribution in [1.82, 2.24) is 14.9 Å². The molecule has 3 rings (SSSR count). The number of aromatic nitrogens is 2. The average molecular weight is 343 g/mol. The number of para-hydroxylation sites is 1. The van der Waals surface area contributed by atoms with Gasteiger partial charge in [-0.2, -0.15) is 0 Å². The van der Waals surface area contributed by atoms with Crippen LogP contribution >= 0.6 is 0 Å². The quantitative estimate of drug-likeness (QED) is 0.920. The Bertz CT molecular complexity index is 735. The van der Waals surface area contributed by atoms with Crippen LogP contribution in [-0.4, -0.2) is 46.8 Å². The summed E-state index contributed by atoms with van der Waals surface area (Å²) in [5.74, 6) is 1.09. The number of imidazole rings is 1. The van der Waals surface area contributed by atoms with Crippen LogP contribution in [0, 0.1) is 0 Å².